The summed E-state index contributed by atoms with van der Waals surface area (Å²) in [6.45, 7) is 3.97. The highest BCUT2D eigenvalue weighted by atomic mass is 16.5. The van der Waals surface area contributed by atoms with Gasteiger partial charge in [0.1, 0.15) is 5.82 Å². The summed E-state index contributed by atoms with van der Waals surface area (Å²) < 4.78 is 7.11. The number of benzene rings is 1. The number of amides is 1. The number of piperazine rings is 1. The number of hydrogen-bond donors (Lipinski definition) is 1. The first-order chi connectivity index (χ1) is 12.2. The molecule has 2 aromatic rings. The van der Waals surface area contributed by atoms with Crippen LogP contribution in [0, 0.1) is 0 Å². The molecule has 1 amide bonds. The molecule has 1 fully saturated rings. The zero-order valence-corrected chi connectivity index (χ0v) is 14.6. The second-order valence-corrected chi connectivity index (χ2v) is 6.21. The minimum atomic E-state index is 0.0706. The molecule has 1 aromatic carbocycles. The Balaban J connectivity index is 1.69. The molecular weight excluding hydrogens is 318 g/mol. The van der Waals surface area contributed by atoms with Crippen LogP contribution < -0.4 is 5.32 Å². The molecule has 25 heavy (non-hydrogen) atoms. The van der Waals surface area contributed by atoms with Gasteiger partial charge in [-0.3, -0.25) is 9.69 Å². The fourth-order valence-electron chi connectivity index (χ4n) is 2.93. The average Bonchev–Trinajstić information content (AvgIpc) is 3.01. The fraction of sp³-hybridized carbons (Fsp3) is 0.500. The smallest absolute Gasteiger partial charge is 0.234 e. The van der Waals surface area contributed by atoms with Crippen molar-refractivity contribution >= 4 is 5.91 Å². The first-order valence-electron chi connectivity index (χ1n) is 8.69. The van der Waals surface area contributed by atoms with Crippen molar-refractivity contribution in [2.24, 2.45) is 0 Å². The van der Waals surface area contributed by atoms with Gasteiger partial charge in [0.05, 0.1) is 19.7 Å². The maximum absolute atomic E-state index is 11.6. The van der Waals surface area contributed by atoms with Gasteiger partial charge in [0.15, 0.2) is 5.82 Å². The van der Waals surface area contributed by atoms with Gasteiger partial charge in [-0.05, 0) is 12.0 Å². The molecule has 0 saturated carbocycles. The largest absolute Gasteiger partial charge is 0.384 e. The summed E-state index contributed by atoms with van der Waals surface area (Å²) in [6.07, 6.45) is 1.60. The lowest BCUT2D eigenvalue weighted by Gasteiger charge is -2.25. The van der Waals surface area contributed by atoms with Crippen LogP contribution in [0.2, 0.25) is 0 Å². The molecule has 3 rings (SSSR count). The number of aromatic nitrogens is 3. The molecule has 0 spiro atoms. The number of nitrogens with zero attached hydrogens (tertiary/aromatic N) is 4. The lowest BCUT2D eigenvalue weighted by atomic mass is 10.1. The van der Waals surface area contributed by atoms with E-state index >= 15 is 0 Å². The highest BCUT2D eigenvalue weighted by Crippen LogP contribution is 2.08. The summed E-state index contributed by atoms with van der Waals surface area (Å²) in [6, 6.07) is 10.4. The van der Waals surface area contributed by atoms with Gasteiger partial charge in [-0.1, -0.05) is 30.3 Å². The van der Waals surface area contributed by atoms with E-state index in [1.165, 1.54) is 5.56 Å². The Bertz CT molecular complexity index is 686. The monoisotopic (exact) mass is 343 g/mol. The van der Waals surface area contributed by atoms with Gasteiger partial charge in [-0.15, -0.1) is 0 Å². The first kappa shape index (κ1) is 17.6. The van der Waals surface area contributed by atoms with Crippen molar-refractivity contribution in [1.29, 1.82) is 0 Å². The van der Waals surface area contributed by atoms with Crippen LogP contribution in [-0.4, -0.2) is 58.9 Å². The SMILES string of the molecule is COCCc1nc(CN2CCNC(=O)C2)n(CCc2ccccc2)n1. The zero-order chi connectivity index (χ0) is 17.5. The molecule has 7 nitrogen and oxygen atoms in total. The van der Waals surface area contributed by atoms with Crippen LogP contribution in [0.4, 0.5) is 0 Å². The molecule has 0 bridgehead atoms. The normalized spacial score (nSPS) is 15.3. The Hall–Kier alpha value is -2.25. The summed E-state index contributed by atoms with van der Waals surface area (Å²) in [5, 5.41) is 7.50. The van der Waals surface area contributed by atoms with Crippen molar-refractivity contribution < 1.29 is 9.53 Å². The van der Waals surface area contributed by atoms with Gasteiger partial charge in [0, 0.05) is 33.2 Å². The summed E-state index contributed by atoms with van der Waals surface area (Å²) in [7, 11) is 1.68. The van der Waals surface area contributed by atoms with E-state index in [2.05, 4.69) is 32.4 Å². The molecule has 7 heteroatoms. The quantitative estimate of drug-likeness (QED) is 0.762. The molecule has 1 aromatic heterocycles. The van der Waals surface area contributed by atoms with E-state index in [1.807, 2.05) is 22.9 Å². The topological polar surface area (TPSA) is 72.3 Å². The maximum Gasteiger partial charge on any atom is 0.234 e. The van der Waals surface area contributed by atoms with E-state index in [1.54, 1.807) is 7.11 Å². The average molecular weight is 343 g/mol. The molecule has 0 radical (unpaired) electrons. The van der Waals surface area contributed by atoms with Gasteiger partial charge in [0.2, 0.25) is 5.91 Å². The molecule has 0 atom stereocenters. The Kier molecular flexibility index (Phi) is 6.14. The second kappa shape index (κ2) is 8.73. The number of aryl methyl sites for hydroxylation is 2. The van der Waals surface area contributed by atoms with Crippen LogP contribution in [0.25, 0.3) is 0 Å². The van der Waals surface area contributed by atoms with Gasteiger partial charge in [0.25, 0.3) is 0 Å². The van der Waals surface area contributed by atoms with Crippen molar-refractivity contribution in [1.82, 2.24) is 25.0 Å². The van der Waals surface area contributed by atoms with E-state index in [0.29, 0.717) is 32.7 Å². The Morgan fingerprint density at radius 3 is 2.84 bits per heavy atom. The summed E-state index contributed by atoms with van der Waals surface area (Å²) >= 11 is 0. The Morgan fingerprint density at radius 1 is 1.24 bits per heavy atom. The van der Waals surface area contributed by atoms with Gasteiger partial charge < -0.3 is 10.1 Å². The molecule has 1 N–H and O–H groups in total. The standard InChI is InChI=1S/C18H25N5O2/c1-25-12-8-16-20-17(13-22-11-9-19-18(24)14-22)23(21-16)10-7-15-5-3-2-4-6-15/h2-6H,7-14H2,1H3,(H,19,24). The van der Waals surface area contributed by atoms with Crippen molar-refractivity contribution in [3.63, 3.8) is 0 Å². The minimum Gasteiger partial charge on any atom is -0.384 e. The minimum absolute atomic E-state index is 0.0706. The third-order valence-electron chi connectivity index (χ3n) is 4.26. The summed E-state index contributed by atoms with van der Waals surface area (Å²) in [5.41, 5.74) is 1.28. The third-order valence-corrected chi connectivity index (χ3v) is 4.26. The molecule has 1 saturated heterocycles. The van der Waals surface area contributed by atoms with Crippen LogP contribution in [0.15, 0.2) is 30.3 Å². The van der Waals surface area contributed by atoms with Crippen LogP contribution >= 0.6 is 0 Å². The number of carbonyl (C=O) groups excluding carboxylic acids is 1. The molecule has 0 aliphatic carbocycles. The van der Waals surface area contributed by atoms with Crippen LogP contribution in [0.1, 0.15) is 17.2 Å². The Morgan fingerprint density at radius 2 is 2.08 bits per heavy atom. The Labute approximate surface area is 148 Å². The lowest BCUT2D eigenvalue weighted by Crippen LogP contribution is -2.47. The molecule has 1 aliphatic heterocycles. The van der Waals surface area contributed by atoms with Gasteiger partial charge in [-0.2, -0.15) is 5.10 Å². The van der Waals surface area contributed by atoms with Crippen LogP contribution in [-0.2, 0) is 35.5 Å². The number of rotatable bonds is 8. The van der Waals surface area contributed by atoms with E-state index in [9.17, 15) is 4.79 Å². The first-order valence-corrected chi connectivity index (χ1v) is 8.69. The van der Waals surface area contributed by atoms with E-state index in [0.717, 1.165) is 31.2 Å². The van der Waals surface area contributed by atoms with Crippen LogP contribution in [0.3, 0.4) is 0 Å². The number of nitrogens with one attached hydrogen (secondary N) is 1. The van der Waals surface area contributed by atoms with Crippen molar-refractivity contribution in [2.75, 3.05) is 33.4 Å². The number of hydrogen-bond acceptors (Lipinski definition) is 5. The molecule has 1 aliphatic rings. The van der Waals surface area contributed by atoms with Crippen molar-refractivity contribution in [2.45, 2.75) is 25.9 Å². The van der Waals surface area contributed by atoms with Gasteiger partial charge >= 0.3 is 0 Å². The second-order valence-electron chi connectivity index (χ2n) is 6.21. The highest BCUT2D eigenvalue weighted by Gasteiger charge is 2.19. The van der Waals surface area contributed by atoms with Crippen LogP contribution in [0.5, 0.6) is 0 Å². The molecule has 0 unspecified atom stereocenters. The van der Waals surface area contributed by atoms with E-state index in [4.69, 9.17) is 4.74 Å². The fourth-order valence-corrected chi connectivity index (χ4v) is 2.93. The maximum atomic E-state index is 11.6. The van der Waals surface area contributed by atoms with E-state index in [-0.39, 0.29) is 5.91 Å². The highest BCUT2D eigenvalue weighted by molar-refractivity contribution is 5.78. The number of ether oxygens (including phenoxy) is 1. The summed E-state index contributed by atoms with van der Waals surface area (Å²) in [4.78, 5) is 18.4. The lowest BCUT2D eigenvalue weighted by molar-refractivity contribution is -0.124. The summed E-state index contributed by atoms with van der Waals surface area (Å²) in [5.74, 6) is 1.78. The predicted octanol–water partition coefficient (Wildman–Crippen LogP) is 0.642. The van der Waals surface area contributed by atoms with Gasteiger partial charge in [-0.25, -0.2) is 9.67 Å². The van der Waals surface area contributed by atoms with Crippen molar-refractivity contribution in [3.05, 3.63) is 47.5 Å². The predicted molar refractivity (Wildman–Crippen MR) is 94.0 cm³/mol. The van der Waals surface area contributed by atoms with Crippen molar-refractivity contribution in [3.8, 4) is 0 Å². The number of carbonyl (C=O) groups is 1. The third kappa shape index (κ3) is 5.11. The number of methoxy groups -OCH3 is 1. The molecule has 2 heterocycles. The van der Waals surface area contributed by atoms with E-state index < -0.39 is 0 Å². The molecule has 134 valence electrons. The molecular formula is C18H25N5O2. The zero-order valence-electron chi connectivity index (χ0n) is 14.6.